The summed E-state index contributed by atoms with van der Waals surface area (Å²) < 4.78 is 10.9. The molecule has 136 valence electrons. The quantitative estimate of drug-likeness (QED) is 0.701. The maximum atomic E-state index is 12.8. The normalized spacial score (nSPS) is 12.3. The Kier molecular flexibility index (Phi) is 6.52. The van der Waals surface area contributed by atoms with Crippen molar-refractivity contribution in [3.05, 3.63) is 29.7 Å². The van der Waals surface area contributed by atoms with Crippen LogP contribution in [0, 0.1) is 12.8 Å². The highest BCUT2D eigenvalue weighted by Gasteiger charge is 2.24. The lowest BCUT2D eigenvalue weighted by molar-refractivity contribution is -0.141. The van der Waals surface area contributed by atoms with Crippen molar-refractivity contribution in [2.45, 2.75) is 27.2 Å². The Morgan fingerprint density at radius 1 is 1.40 bits per heavy atom. The predicted molar refractivity (Wildman–Crippen MR) is 92.6 cm³/mol. The minimum absolute atomic E-state index is 0.115. The predicted octanol–water partition coefficient (Wildman–Crippen LogP) is 2.73. The zero-order valence-corrected chi connectivity index (χ0v) is 14.8. The zero-order valence-electron chi connectivity index (χ0n) is 14.8. The van der Waals surface area contributed by atoms with Crippen molar-refractivity contribution >= 4 is 23.0 Å². The van der Waals surface area contributed by atoms with E-state index in [2.05, 4.69) is 4.98 Å². The van der Waals surface area contributed by atoms with E-state index in [-0.39, 0.29) is 18.2 Å². The molecule has 2 aromatic rings. The van der Waals surface area contributed by atoms with Gasteiger partial charge in [0.2, 0.25) is 0 Å². The van der Waals surface area contributed by atoms with Crippen molar-refractivity contribution in [2.24, 2.45) is 5.92 Å². The summed E-state index contributed by atoms with van der Waals surface area (Å²) in [4.78, 5) is 29.8. The number of hydrogen-bond acceptors (Lipinski definition) is 5. The standard InChI is InChI=1S/C18H24N2O5/c1-4-24-9-5-8-20(11-12(2)18(22)23)17(21)16-10-14-15(25-16)7-6-13(3)19-14/h6-7,10,12H,4-5,8-9,11H2,1-3H3,(H,22,23). The second kappa shape index (κ2) is 8.62. The second-order valence-corrected chi connectivity index (χ2v) is 5.99. The molecule has 25 heavy (non-hydrogen) atoms. The molecule has 2 rings (SSSR count). The fraction of sp³-hybridized carbons (Fsp3) is 0.500. The molecule has 0 aliphatic carbocycles. The Morgan fingerprint density at radius 2 is 2.16 bits per heavy atom. The number of aliphatic carboxylic acids is 1. The number of aryl methyl sites for hydroxylation is 1. The number of fused-ring (bicyclic) bond motifs is 1. The topological polar surface area (TPSA) is 92.9 Å². The molecular weight excluding hydrogens is 324 g/mol. The highest BCUT2D eigenvalue weighted by Crippen LogP contribution is 2.20. The van der Waals surface area contributed by atoms with Gasteiger partial charge in [-0.15, -0.1) is 0 Å². The summed E-state index contributed by atoms with van der Waals surface area (Å²) in [7, 11) is 0. The van der Waals surface area contributed by atoms with Gasteiger partial charge in [-0.2, -0.15) is 0 Å². The summed E-state index contributed by atoms with van der Waals surface area (Å²) in [5.41, 5.74) is 1.98. The van der Waals surface area contributed by atoms with E-state index in [1.165, 1.54) is 4.90 Å². The van der Waals surface area contributed by atoms with E-state index in [1.54, 1.807) is 19.1 Å². The Morgan fingerprint density at radius 3 is 2.84 bits per heavy atom. The van der Waals surface area contributed by atoms with Crippen LogP contribution in [0.2, 0.25) is 0 Å². The molecule has 1 N–H and O–H groups in total. The summed E-state index contributed by atoms with van der Waals surface area (Å²) >= 11 is 0. The lowest BCUT2D eigenvalue weighted by Gasteiger charge is -2.23. The molecule has 0 saturated heterocycles. The fourth-order valence-electron chi connectivity index (χ4n) is 2.47. The number of nitrogens with zero attached hydrogens (tertiary/aromatic N) is 2. The minimum atomic E-state index is -0.940. The van der Waals surface area contributed by atoms with Crippen LogP contribution in [0.25, 0.3) is 11.1 Å². The van der Waals surface area contributed by atoms with E-state index < -0.39 is 11.9 Å². The number of amides is 1. The van der Waals surface area contributed by atoms with Gasteiger partial charge in [0.15, 0.2) is 11.3 Å². The highest BCUT2D eigenvalue weighted by atomic mass is 16.5. The molecule has 1 atom stereocenters. The first-order valence-corrected chi connectivity index (χ1v) is 8.39. The first kappa shape index (κ1) is 18.9. The summed E-state index contributed by atoms with van der Waals surface area (Å²) in [6.45, 7) is 6.98. The number of hydrogen-bond donors (Lipinski definition) is 1. The molecule has 1 amide bonds. The largest absolute Gasteiger partial charge is 0.481 e. The lowest BCUT2D eigenvalue weighted by Crippen LogP contribution is -2.37. The Labute approximate surface area is 146 Å². The maximum Gasteiger partial charge on any atom is 0.308 e. The van der Waals surface area contributed by atoms with Crippen LogP contribution in [0.3, 0.4) is 0 Å². The number of ether oxygens (including phenoxy) is 1. The van der Waals surface area contributed by atoms with Gasteiger partial charge in [-0.3, -0.25) is 9.59 Å². The highest BCUT2D eigenvalue weighted by molar-refractivity contribution is 5.95. The molecule has 0 aliphatic rings. The van der Waals surface area contributed by atoms with Gasteiger partial charge < -0.3 is 19.2 Å². The van der Waals surface area contributed by atoms with Crippen LogP contribution in [-0.4, -0.2) is 53.2 Å². The van der Waals surface area contributed by atoms with Crippen molar-refractivity contribution in [3.8, 4) is 0 Å². The van der Waals surface area contributed by atoms with Gasteiger partial charge in [-0.05, 0) is 32.4 Å². The minimum Gasteiger partial charge on any atom is -0.481 e. The zero-order chi connectivity index (χ0) is 18.4. The SMILES string of the molecule is CCOCCCN(CC(C)C(=O)O)C(=O)c1cc2nc(C)ccc2o1. The number of carboxylic acids is 1. The second-order valence-electron chi connectivity index (χ2n) is 5.99. The number of furan rings is 1. The van der Waals surface area contributed by atoms with Crippen LogP contribution in [0.5, 0.6) is 0 Å². The molecule has 0 spiro atoms. The van der Waals surface area contributed by atoms with Gasteiger partial charge in [-0.25, -0.2) is 4.98 Å². The van der Waals surface area contributed by atoms with Crippen molar-refractivity contribution in [2.75, 3.05) is 26.3 Å². The first-order chi connectivity index (χ1) is 11.9. The van der Waals surface area contributed by atoms with E-state index in [1.807, 2.05) is 19.9 Å². The number of carbonyl (C=O) groups is 2. The molecule has 0 radical (unpaired) electrons. The fourth-order valence-corrected chi connectivity index (χ4v) is 2.47. The third kappa shape index (κ3) is 5.03. The Balaban J connectivity index is 2.17. The van der Waals surface area contributed by atoms with Crippen LogP contribution < -0.4 is 0 Å². The average Bonchev–Trinajstić information content (AvgIpc) is 2.99. The molecule has 0 fully saturated rings. The molecular formula is C18H24N2O5. The van der Waals surface area contributed by atoms with E-state index in [4.69, 9.17) is 14.3 Å². The lowest BCUT2D eigenvalue weighted by atomic mass is 10.1. The van der Waals surface area contributed by atoms with E-state index >= 15 is 0 Å². The number of carboxylic acid groups (broad SMARTS) is 1. The Hall–Kier alpha value is -2.41. The molecule has 7 heteroatoms. The molecule has 1 unspecified atom stereocenters. The molecule has 0 bridgehead atoms. The molecule has 0 saturated carbocycles. The van der Waals surface area contributed by atoms with E-state index in [9.17, 15) is 9.59 Å². The van der Waals surface area contributed by atoms with Crippen molar-refractivity contribution in [1.82, 2.24) is 9.88 Å². The monoisotopic (exact) mass is 348 g/mol. The van der Waals surface area contributed by atoms with E-state index in [0.29, 0.717) is 37.3 Å². The summed E-state index contributed by atoms with van der Waals surface area (Å²) in [6, 6.07) is 5.19. The van der Waals surface area contributed by atoms with E-state index in [0.717, 1.165) is 5.69 Å². The third-order valence-electron chi connectivity index (χ3n) is 3.85. The van der Waals surface area contributed by atoms with Crippen LogP contribution >= 0.6 is 0 Å². The molecule has 7 nitrogen and oxygen atoms in total. The van der Waals surface area contributed by atoms with Crippen LogP contribution in [0.1, 0.15) is 36.5 Å². The van der Waals surface area contributed by atoms with Gasteiger partial charge in [0.1, 0.15) is 5.52 Å². The number of rotatable bonds is 9. The number of carbonyl (C=O) groups excluding carboxylic acids is 1. The molecule has 0 aromatic carbocycles. The summed E-state index contributed by atoms with van der Waals surface area (Å²) in [5.74, 6) is -1.77. The first-order valence-electron chi connectivity index (χ1n) is 8.39. The van der Waals surface area contributed by atoms with Gasteiger partial charge in [0, 0.05) is 38.1 Å². The average molecular weight is 348 g/mol. The molecule has 0 aliphatic heterocycles. The van der Waals surface area contributed by atoms with Gasteiger partial charge in [-0.1, -0.05) is 6.92 Å². The maximum absolute atomic E-state index is 12.8. The smallest absolute Gasteiger partial charge is 0.308 e. The number of aromatic nitrogens is 1. The van der Waals surface area contributed by atoms with Crippen LogP contribution in [0.15, 0.2) is 22.6 Å². The van der Waals surface area contributed by atoms with Gasteiger partial charge >= 0.3 is 5.97 Å². The third-order valence-corrected chi connectivity index (χ3v) is 3.85. The van der Waals surface area contributed by atoms with Crippen LogP contribution in [-0.2, 0) is 9.53 Å². The van der Waals surface area contributed by atoms with Crippen LogP contribution in [0.4, 0.5) is 0 Å². The Bertz CT molecular complexity index is 740. The van der Waals surface area contributed by atoms with Crippen molar-refractivity contribution in [3.63, 3.8) is 0 Å². The summed E-state index contributed by atoms with van der Waals surface area (Å²) in [5, 5.41) is 9.14. The van der Waals surface area contributed by atoms with Gasteiger partial charge in [0.05, 0.1) is 5.92 Å². The number of pyridine rings is 1. The van der Waals surface area contributed by atoms with Crippen molar-refractivity contribution in [1.29, 1.82) is 0 Å². The molecule has 2 heterocycles. The summed E-state index contributed by atoms with van der Waals surface area (Å²) in [6.07, 6.45) is 0.628. The van der Waals surface area contributed by atoms with Crippen molar-refractivity contribution < 1.29 is 23.8 Å². The van der Waals surface area contributed by atoms with Gasteiger partial charge in [0.25, 0.3) is 5.91 Å². The molecule has 2 aromatic heterocycles.